The van der Waals surface area contributed by atoms with Gasteiger partial charge in [-0.25, -0.2) is 9.97 Å². The number of carbonyl (C=O) groups excluding carboxylic acids is 1. The average Bonchev–Trinajstić information content (AvgIpc) is 2.62. The molecule has 0 spiro atoms. The Kier molecular flexibility index (Phi) is 6.54. The van der Waals surface area contributed by atoms with Crippen molar-refractivity contribution in [1.82, 2.24) is 9.97 Å². The molecule has 1 aromatic heterocycles. The van der Waals surface area contributed by atoms with Crippen LogP contribution in [0.4, 0.5) is 11.6 Å². The summed E-state index contributed by atoms with van der Waals surface area (Å²) in [6.07, 6.45) is 3.62. The van der Waals surface area contributed by atoms with Crippen molar-refractivity contribution >= 4 is 17.5 Å². The van der Waals surface area contributed by atoms with Crippen LogP contribution in [-0.2, 0) is 0 Å². The number of rotatable bonds is 8. The molecule has 0 aliphatic carbocycles. The maximum absolute atomic E-state index is 12.5. The van der Waals surface area contributed by atoms with Crippen LogP contribution in [0.1, 0.15) is 37.2 Å². The molecule has 0 unspecified atom stereocenters. The Balaban J connectivity index is 2.19. The zero-order valence-corrected chi connectivity index (χ0v) is 14.5. The highest BCUT2D eigenvalue weighted by atomic mass is 16.5. The second kappa shape index (κ2) is 8.86. The lowest BCUT2D eigenvalue weighted by atomic mass is 10.2. The number of ether oxygens (including phenoxy) is 1. The lowest BCUT2D eigenvalue weighted by Crippen LogP contribution is -2.27. The molecule has 1 N–H and O–H groups in total. The third-order valence-electron chi connectivity index (χ3n) is 3.50. The summed E-state index contributed by atoms with van der Waals surface area (Å²) >= 11 is 0. The maximum Gasteiger partial charge on any atom is 0.274 e. The molecule has 0 aliphatic heterocycles. The molecule has 6 heteroatoms. The van der Waals surface area contributed by atoms with Crippen LogP contribution in [0.2, 0.25) is 0 Å². The quantitative estimate of drug-likeness (QED) is 0.805. The van der Waals surface area contributed by atoms with Gasteiger partial charge in [-0.1, -0.05) is 26.0 Å². The Morgan fingerprint density at radius 1 is 1.17 bits per heavy atom. The van der Waals surface area contributed by atoms with E-state index >= 15 is 0 Å². The molecule has 0 fully saturated rings. The highest BCUT2D eigenvalue weighted by Crippen LogP contribution is 2.23. The lowest BCUT2D eigenvalue weighted by Gasteiger charge is -2.21. The van der Waals surface area contributed by atoms with Gasteiger partial charge in [-0.3, -0.25) is 4.79 Å². The molecule has 24 heavy (non-hydrogen) atoms. The smallest absolute Gasteiger partial charge is 0.274 e. The van der Waals surface area contributed by atoms with Gasteiger partial charge in [0.1, 0.15) is 11.4 Å². The number of nitrogens with zero attached hydrogens (tertiary/aromatic N) is 3. The third kappa shape index (κ3) is 4.44. The normalized spacial score (nSPS) is 10.3. The minimum absolute atomic E-state index is 0.281. The number of amides is 1. The van der Waals surface area contributed by atoms with Crippen molar-refractivity contribution in [2.45, 2.75) is 26.7 Å². The molecule has 6 nitrogen and oxygen atoms in total. The lowest BCUT2D eigenvalue weighted by molar-refractivity contribution is 0.102. The highest BCUT2D eigenvalue weighted by molar-refractivity contribution is 6.03. The fourth-order valence-corrected chi connectivity index (χ4v) is 2.41. The first kappa shape index (κ1) is 17.7. The van der Waals surface area contributed by atoms with E-state index in [1.807, 2.05) is 12.1 Å². The van der Waals surface area contributed by atoms with E-state index in [-0.39, 0.29) is 5.91 Å². The molecule has 1 amide bonds. The summed E-state index contributed by atoms with van der Waals surface area (Å²) in [5, 5.41) is 2.84. The van der Waals surface area contributed by atoms with E-state index in [1.165, 1.54) is 0 Å². The Hall–Kier alpha value is -2.63. The molecular formula is C18H24N4O2. The Labute approximate surface area is 142 Å². The largest absolute Gasteiger partial charge is 0.495 e. The SMILES string of the molecule is CCCN(CCC)c1nccc(C(=O)Nc2ccccc2OC)n1. The van der Waals surface area contributed by atoms with E-state index < -0.39 is 0 Å². The molecule has 0 bridgehead atoms. The van der Waals surface area contributed by atoms with Crippen LogP contribution in [0, 0.1) is 0 Å². The minimum Gasteiger partial charge on any atom is -0.495 e. The fourth-order valence-electron chi connectivity index (χ4n) is 2.41. The van der Waals surface area contributed by atoms with Crippen LogP contribution in [0.15, 0.2) is 36.5 Å². The number of methoxy groups -OCH3 is 1. The van der Waals surface area contributed by atoms with Gasteiger partial charge in [-0.15, -0.1) is 0 Å². The molecule has 0 aliphatic rings. The van der Waals surface area contributed by atoms with Gasteiger partial charge in [0, 0.05) is 19.3 Å². The Morgan fingerprint density at radius 2 is 1.88 bits per heavy atom. The van der Waals surface area contributed by atoms with Crippen LogP contribution >= 0.6 is 0 Å². The highest BCUT2D eigenvalue weighted by Gasteiger charge is 2.14. The summed E-state index contributed by atoms with van der Waals surface area (Å²) in [7, 11) is 1.57. The van der Waals surface area contributed by atoms with E-state index in [2.05, 4.69) is 34.0 Å². The second-order valence-corrected chi connectivity index (χ2v) is 5.38. The zero-order chi connectivity index (χ0) is 17.4. The van der Waals surface area contributed by atoms with Crippen LogP contribution in [0.5, 0.6) is 5.75 Å². The van der Waals surface area contributed by atoms with E-state index in [4.69, 9.17) is 4.74 Å². The minimum atomic E-state index is -0.281. The number of hydrogen-bond donors (Lipinski definition) is 1. The van der Waals surface area contributed by atoms with E-state index in [0.717, 1.165) is 25.9 Å². The molecule has 2 rings (SSSR count). The Morgan fingerprint density at radius 3 is 2.54 bits per heavy atom. The fraction of sp³-hybridized carbons (Fsp3) is 0.389. The van der Waals surface area contributed by atoms with Gasteiger partial charge in [0.15, 0.2) is 0 Å². The molecular weight excluding hydrogens is 304 g/mol. The van der Waals surface area contributed by atoms with Gasteiger partial charge in [0.05, 0.1) is 12.8 Å². The average molecular weight is 328 g/mol. The van der Waals surface area contributed by atoms with Gasteiger partial charge < -0.3 is 15.0 Å². The number of nitrogens with one attached hydrogen (secondary N) is 1. The topological polar surface area (TPSA) is 67.4 Å². The van der Waals surface area contributed by atoms with Gasteiger partial charge in [0.25, 0.3) is 5.91 Å². The molecule has 128 valence electrons. The molecule has 2 aromatic rings. The van der Waals surface area contributed by atoms with Crippen LogP contribution in [-0.4, -0.2) is 36.1 Å². The summed E-state index contributed by atoms with van der Waals surface area (Å²) in [6, 6.07) is 8.90. The second-order valence-electron chi connectivity index (χ2n) is 5.38. The van der Waals surface area contributed by atoms with Gasteiger partial charge in [0.2, 0.25) is 5.95 Å². The monoisotopic (exact) mass is 328 g/mol. The summed E-state index contributed by atoms with van der Waals surface area (Å²) < 4.78 is 5.25. The van der Waals surface area contributed by atoms with Crippen LogP contribution < -0.4 is 15.0 Å². The first-order chi connectivity index (χ1) is 11.7. The third-order valence-corrected chi connectivity index (χ3v) is 3.50. The number of carbonyl (C=O) groups is 1. The van der Waals surface area contributed by atoms with Crippen molar-refractivity contribution in [2.24, 2.45) is 0 Å². The first-order valence-corrected chi connectivity index (χ1v) is 8.22. The summed E-state index contributed by atoms with van der Waals surface area (Å²) in [6.45, 7) is 5.96. The summed E-state index contributed by atoms with van der Waals surface area (Å²) in [5.41, 5.74) is 0.951. The van der Waals surface area contributed by atoms with Crippen molar-refractivity contribution in [3.8, 4) is 5.75 Å². The molecule has 0 atom stereocenters. The predicted molar refractivity (Wildman–Crippen MR) is 95.8 cm³/mol. The van der Waals surface area contributed by atoms with Crippen molar-refractivity contribution in [3.05, 3.63) is 42.2 Å². The maximum atomic E-state index is 12.5. The van der Waals surface area contributed by atoms with Crippen LogP contribution in [0.25, 0.3) is 0 Å². The number of aromatic nitrogens is 2. The van der Waals surface area contributed by atoms with Gasteiger partial charge >= 0.3 is 0 Å². The zero-order valence-electron chi connectivity index (χ0n) is 14.5. The van der Waals surface area contributed by atoms with Gasteiger partial charge in [-0.2, -0.15) is 0 Å². The molecule has 0 saturated carbocycles. The number of hydrogen-bond acceptors (Lipinski definition) is 5. The molecule has 0 radical (unpaired) electrons. The number of anilines is 2. The van der Waals surface area contributed by atoms with E-state index in [1.54, 1.807) is 31.5 Å². The number of benzene rings is 1. The molecule has 0 saturated heterocycles. The Bertz CT molecular complexity index is 670. The van der Waals surface area contributed by atoms with E-state index in [0.29, 0.717) is 23.1 Å². The standard InChI is InChI=1S/C18H24N4O2/c1-4-12-22(13-5-2)18-19-11-10-15(21-18)17(23)20-14-8-6-7-9-16(14)24-3/h6-11H,4-5,12-13H2,1-3H3,(H,20,23). The van der Waals surface area contributed by atoms with Crippen LogP contribution in [0.3, 0.4) is 0 Å². The molecule has 1 aromatic carbocycles. The summed E-state index contributed by atoms with van der Waals surface area (Å²) in [4.78, 5) is 23.3. The van der Waals surface area contributed by atoms with Gasteiger partial charge in [-0.05, 0) is 31.0 Å². The summed E-state index contributed by atoms with van der Waals surface area (Å²) in [5.74, 6) is 0.918. The first-order valence-electron chi connectivity index (χ1n) is 8.22. The van der Waals surface area contributed by atoms with Crippen molar-refractivity contribution in [2.75, 3.05) is 30.4 Å². The van der Waals surface area contributed by atoms with Crippen molar-refractivity contribution in [1.29, 1.82) is 0 Å². The predicted octanol–water partition coefficient (Wildman–Crippen LogP) is 3.36. The van der Waals surface area contributed by atoms with Crippen molar-refractivity contribution in [3.63, 3.8) is 0 Å². The van der Waals surface area contributed by atoms with E-state index in [9.17, 15) is 4.79 Å². The van der Waals surface area contributed by atoms with Crippen molar-refractivity contribution < 1.29 is 9.53 Å². The molecule has 1 heterocycles. The number of para-hydroxylation sites is 2.